The van der Waals surface area contributed by atoms with Gasteiger partial charge in [-0.15, -0.1) is 10.2 Å². The highest BCUT2D eigenvalue weighted by Crippen LogP contribution is 2.32. The Kier molecular flexibility index (Phi) is 5.15. The van der Waals surface area contributed by atoms with Crippen molar-refractivity contribution in [2.45, 2.75) is 56.8 Å². The number of hydrogen-bond acceptors (Lipinski definition) is 5. The number of rotatable bonds is 3. The van der Waals surface area contributed by atoms with E-state index in [-0.39, 0.29) is 30.0 Å². The predicted molar refractivity (Wildman–Crippen MR) is 105 cm³/mol. The third kappa shape index (κ3) is 3.71. The van der Waals surface area contributed by atoms with E-state index < -0.39 is 0 Å². The van der Waals surface area contributed by atoms with E-state index in [9.17, 15) is 9.59 Å². The van der Waals surface area contributed by atoms with Crippen LogP contribution >= 0.6 is 11.8 Å². The third-order valence-corrected chi connectivity index (χ3v) is 5.98. The molecule has 1 unspecified atom stereocenters. The summed E-state index contributed by atoms with van der Waals surface area (Å²) in [4.78, 5) is 26.9. The monoisotopic (exact) mass is 385 g/mol. The summed E-state index contributed by atoms with van der Waals surface area (Å²) >= 11 is 1.43. The van der Waals surface area contributed by atoms with Gasteiger partial charge in [-0.25, -0.2) is 0 Å². The number of nitrogens with zero attached hydrogens (tertiary/aromatic N) is 4. The van der Waals surface area contributed by atoms with Crippen LogP contribution in [-0.2, 0) is 22.6 Å². The lowest BCUT2D eigenvalue weighted by molar-refractivity contribution is -0.117. The van der Waals surface area contributed by atoms with Crippen molar-refractivity contribution in [1.82, 2.24) is 14.8 Å². The first-order chi connectivity index (χ1) is 13.1. The fraction of sp³-hybridized carbons (Fsp3) is 0.474. The van der Waals surface area contributed by atoms with Gasteiger partial charge in [0.2, 0.25) is 11.8 Å². The second kappa shape index (κ2) is 7.72. The van der Waals surface area contributed by atoms with Gasteiger partial charge in [0.1, 0.15) is 5.82 Å². The minimum Gasteiger partial charge on any atom is -0.324 e. The Hall–Kier alpha value is -2.35. The molecule has 8 heteroatoms. The summed E-state index contributed by atoms with van der Waals surface area (Å²) in [6, 6.07) is 7.25. The molecular formula is C19H23N5O2S. The first-order valence-corrected chi connectivity index (χ1v) is 10.4. The summed E-state index contributed by atoms with van der Waals surface area (Å²) in [5.74, 6) is 1.19. The first-order valence-electron chi connectivity index (χ1n) is 9.39. The molecule has 0 spiro atoms. The molecule has 3 heterocycles. The first kappa shape index (κ1) is 18.0. The van der Waals surface area contributed by atoms with Crippen molar-refractivity contribution in [2.75, 3.05) is 16.0 Å². The molecule has 2 aliphatic heterocycles. The van der Waals surface area contributed by atoms with E-state index in [4.69, 9.17) is 0 Å². The highest BCUT2D eigenvalue weighted by molar-refractivity contribution is 7.99. The molecule has 0 bridgehead atoms. The Morgan fingerprint density at radius 1 is 1.26 bits per heavy atom. The van der Waals surface area contributed by atoms with Crippen LogP contribution < -0.4 is 10.2 Å². The minimum absolute atomic E-state index is 0.0255. The van der Waals surface area contributed by atoms with E-state index in [1.54, 1.807) is 4.90 Å². The minimum atomic E-state index is -0.197. The van der Waals surface area contributed by atoms with Crippen molar-refractivity contribution in [3.05, 3.63) is 30.1 Å². The van der Waals surface area contributed by atoms with Gasteiger partial charge >= 0.3 is 0 Å². The maximum atomic E-state index is 13.1. The van der Waals surface area contributed by atoms with Gasteiger partial charge in [-0.2, -0.15) is 0 Å². The predicted octanol–water partition coefficient (Wildman–Crippen LogP) is 2.86. The van der Waals surface area contributed by atoms with Crippen LogP contribution in [0.1, 0.15) is 38.4 Å². The number of aromatic nitrogens is 3. The molecule has 2 aromatic rings. The molecule has 1 atom stereocenters. The summed E-state index contributed by atoms with van der Waals surface area (Å²) in [7, 11) is 0. The number of nitrogens with one attached hydrogen (secondary N) is 1. The summed E-state index contributed by atoms with van der Waals surface area (Å²) in [6.07, 6.45) is 4.70. The molecule has 1 N–H and O–H groups in total. The number of carbonyl (C=O) groups excluding carboxylic acids is 2. The van der Waals surface area contributed by atoms with E-state index in [0.717, 1.165) is 42.5 Å². The van der Waals surface area contributed by atoms with Crippen LogP contribution in [0.2, 0.25) is 0 Å². The Labute approximate surface area is 162 Å². The fourth-order valence-electron chi connectivity index (χ4n) is 3.73. The average molecular weight is 385 g/mol. The van der Waals surface area contributed by atoms with Gasteiger partial charge in [-0.3, -0.25) is 9.59 Å². The largest absolute Gasteiger partial charge is 0.324 e. The molecular weight excluding hydrogens is 362 g/mol. The van der Waals surface area contributed by atoms with Crippen LogP contribution in [-0.4, -0.2) is 38.4 Å². The summed E-state index contributed by atoms with van der Waals surface area (Å²) < 4.78 is 2.15. The molecule has 0 fully saturated rings. The van der Waals surface area contributed by atoms with Gasteiger partial charge < -0.3 is 14.8 Å². The molecule has 0 saturated carbocycles. The second-order valence-electron chi connectivity index (χ2n) is 7.03. The highest BCUT2D eigenvalue weighted by Gasteiger charge is 2.29. The van der Waals surface area contributed by atoms with E-state index in [0.29, 0.717) is 5.69 Å². The van der Waals surface area contributed by atoms with Crippen molar-refractivity contribution in [3.63, 3.8) is 0 Å². The van der Waals surface area contributed by atoms with Crippen molar-refractivity contribution in [2.24, 2.45) is 0 Å². The number of anilines is 2. The number of aryl methyl sites for hydroxylation is 1. The van der Waals surface area contributed by atoms with Gasteiger partial charge in [-0.05, 0) is 31.9 Å². The van der Waals surface area contributed by atoms with Crippen molar-refractivity contribution in [1.29, 1.82) is 0 Å². The standard InChI is InChI=1S/C19H23N5O2S/c1-13-11-17(25)20-14-7-4-5-8-15(14)24(13)18(26)12-27-19-22-21-16-9-3-2-6-10-23(16)19/h4-5,7-8,13H,2-3,6,9-12H2,1H3,(H,20,25). The van der Waals surface area contributed by atoms with E-state index in [1.165, 1.54) is 18.2 Å². The molecule has 2 aliphatic rings. The number of benzene rings is 1. The maximum absolute atomic E-state index is 13.1. The maximum Gasteiger partial charge on any atom is 0.237 e. The third-order valence-electron chi connectivity index (χ3n) is 5.03. The van der Waals surface area contributed by atoms with Crippen LogP contribution in [0.5, 0.6) is 0 Å². The van der Waals surface area contributed by atoms with Gasteiger partial charge in [0.05, 0.1) is 17.1 Å². The summed E-state index contributed by atoms with van der Waals surface area (Å²) in [5, 5.41) is 12.3. The normalized spacial score (nSPS) is 19.5. The Balaban J connectivity index is 1.53. The quantitative estimate of drug-likeness (QED) is 0.822. The molecule has 0 radical (unpaired) electrons. The topological polar surface area (TPSA) is 80.1 Å². The molecule has 142 valence electrons. The Bertz CT molecular complexity index is 866. The van der Waals surface area contributed by atoms with Gasteiger partial charge in [0.25, 0.3) is 0 Å². The van der Waals surface area contributed by atoms with E-state index >= 15 is 0 Å². The Morgan fingerprint density at radius 3 is 3.00 bits per heavy atom. The Morgan fingerprint density at radius 2 is 2.11 bits per heavy atom. The van der Waals surface area contributed by atoms with Crippen LogP contribution in [0, 0.1) is 0 Å². The number of amides is 2. The molecule has 1 aromatic carbocycles. The lowest BCUT2D eigenvalue weighted by Crippen LogP contribution is -2.40. The van der Waals surface area contributed by atoms with Crippen LogP contribution in [0.4, 0.5) is 11.4 Å². The van der Waals surface area contributed by atoms with Gasteiger partial charge in [0.15, 0.2) is 5.16 Å². The van der Waals surface area contributed by atoms with E-state index in [2.05, 4.69) is 20.1 Å². The van der Waals surface area contributed by atoms with Gasteiger partial charge in [0, 0.05) is 25.4 Å². The zero-order valence-corrected chi connectivity index (χ0v) is 16.2. The zero-order chi connectivity index (χ0) is 18.8. The van der Waals surface area contributed by atoms with Crippen LogP contribution in [0.15, 0.2) is 29.4 Å². The lowest BCUT2D eigenvalue weighted by atomic mass is 10.2. The fourth-order valence-corrected chi connectivity index (χ4v) is 4.57. The van der Waals surface area contributed by atoms with Crippen LogP contribution in [0.3, 0.4) is 0 Å². The summed E-state index contributed by atoms with van der Waals surface area (Å²) in [5.41, 5.74) is 1.43. The summed E-state index contributed by atoms with van der Waals surface area (Å²) in [6.45, 7) is 2.83. The number of thioether (sulfide) groups is 1. The molecule has 0 aliphatic carbocycles. The molecule has 0 saturated heterocycles. The van der Waals surface area contributed by atoms with Crippen molar-refractivity contribution < 1.29 is 9.59 Å². The molecule has 27 heavy (non-hydrogen) atoms. The van der Waals surface area contributed by atoms with Crippen molar-refractivity contribution in [3.8, 4) is 0 Å². The SMILES string of the molecule is CC1CC(=O)Nc2ccccc2N1C(=O)CSc1nnc2n1CCCCC2. The molecule has 7 nitrogen and oxygen atoms in total. The van der Waals surface area contributed by atoms with Crippen molar-refractivity contribution >= 4 is 35.0 Å². The average Bonchev–Trinajstić information content (AvgIpc) is 2.80. The van der Waals surface area contributed by atoms with E-state index in [1.807, 2.05) is 31.2 Å². The number of carbonyl (C=O) groups is 2. The second-order valence-corrected chi connectivity index (χ2v) is 7.97. The molecule has 1 aromatic heterocycles. The smallest absolute Gasteiger partial charge is 0.237 e. The van der Waals surface area contributed by atoms with Crippen LogP contribution in [0.25, 0.3) is 0 Å². The lowest BCUT2D eigenvalue weighted by Gasteiger charge is -2.27. The number of fused-ring (bicyclic) bond motifs is 2. The zero-order valence-electron chi connectivity index (χ0n) is 15.4. The highest BCUT2D eigenvalue weighted by atomic mass is 32.2. The van der Waals surface area contributed by atoms with Gasteiger partial charge in [-0.1, -0.05) is 30.3 Å². The molecule has 4 rings (SSSR count). The number of para-hydroxylation sites is 2. The molecule has 2 amide bonds. The number of hydrogen-bond donors (Lipinski definition) is 1.